The Morgan fingerprint density at radius 3 is 2.72 bits per heavy atom. The number of ether oxygens (including phenoxy) is 1. The zero-order valence-electron chi connectivity index (χ0n) is 10.6. The highest BCUT2D eigenvalue weighted by Gasteiger charge is 2.26. The largest absolute Gasteiger partial charge is 0.381 e. The van der Waals surface area contributed by atoms with Crippen LogP contribution in [0.15, 0.2) is 0 Å². The molecule has 0 saturated carbocycles. The first-order valence-corrected chi connectivity index (χ1v) is 6.96. The quantitative estimate of drug-likeness (QED) is 0.886. The second kappa shape index (κ2) is 4.25. The van der Waals surface area contributed by atoms with Crippen molar-refractivity contribution in [1.29, 1.82) is 0 Å². The number of nitrogens with zero attached hydrogens (tertiary/aromatic N) is 4. The molecule has 2 aromatic rings. The van der Waals surface area contributed by atoms with Crippen LogP contribution in [-0.2, 0) is 10.3 Å². The minimum Gasteiger partial charge on any atom is -0.381 e. The SMILES string of the molecule is CC(C)(N)c1nn2c(C3CCOCC3)nnc2s1. The fraction of sp³-hybridized carbons (Fsp3) is 0.727. The first-order valence-electron chi connectivity index (χ1n) is 6.15. The second-order valence-electron chi connectivity index (χ2n) is 5.27. The van der Waals surface area contributed by atoms with E-state index in [1.54, 1.807) is 0 Å². The molecule has 1 saturated heterocycles. The smallest absolute Gasteiger partial charge is 0.234 e. The van der Waals surface area contributed by atoms with Crippen LogP contribution in [0.4, 0.5) is 0 Å². The van der Waals surface area contributed by atoms with E-state index in [9.17, 15) is 0 Å². The summed E-state index contributed by atoms with van der Waals surface area (Å²) < 4.78 is 7.23. The summed E-state index contributed by atoms with van der Waals surface area (Å²) in [5.41, 5.74) is 5.64. The van der Waals surface area contributed by atoms with E-state index in [0.717, 1.165) is 41.8 Å². The molecule has 0 spiro atoms. The predicted octanol–water partition coefficient (Wildman–Crippen LogP) is 1.27. The lowest BCUT2D eigenvalue weighted by molar-refractivity contribution is 0.0831. The molecule has 1 aliphatic heterocycles. The van der Waals surface area contributed by atoms with Crippen LogP contribution in [0.5, 0.6) is 0 Å². The van der Waals surface area contributed by atoms with E-state index in [4.69, 9.17) is 10.5 Å². The molecule has 98 valence electrons. The molecule has 2 aromatic heterocycles. The van der Waals surface area contributed by atoms with Crippen LogP contribution in [0.3, 0.4) is 0 Å². The van der Waals surface area contributed by atoms with Gasteiger partial charge in [-0.3, -0.25) is 0 Å². The molecule has 2 N–H and O–H groups in total. The third-order valence-electron chi connectivity index (χ3n) is 3.15. The summed E-state index contributed by atoms with van der Waals surface area (Å²) in [6.45, 7) is 5.48. The highest BCUT2D eigenvalue weighted by atomic mass is 32.1. The van der Waals surface area contributed by atoms with Crippen molar-refractivity contribution in [3.63, 3.8) is 0 Å². The van der Waals surface area contributed by atoms with Gasteiger partial charge in [-0.15, -0.1) is 10.2 Å². The van der Waals surface area contributed by atoms with Gasteiger partial charge in [-0.1, -0.05) is 11.3 Å². The number of nitrogens with two attached hydrogens (primary N) is 1. The predicted molar refractivity (Wildman–Crippen MR) is 68.7 cm³/mol. The summed E-state index contributed by atoms with van der Waals surface area (Å²) in [7, 11) is 0. The number of rotatable bonds is 2. The van der Waals surface area contributed by atoms with Crippen molar-refractivity contribution in [3.05, 3.63) is 10.8 Å². The minimum absolute atomic E-state index is 0.393. The van der Waals surface area contributed by atoms with Crippen LogP contribution in [0.25, 0.3) is 4.96 Å². The van der Waals surface area contributed by atoms with Gasteiger partial charge in [0.05, 0.1) is 5.54 Å². The standard InChI is InChI=1S/C11H17N5OS/c1-11(2,12)9-15-16-8(13-14-10(16)18-9)7-3-5-17-6-4-7/h7H,3-6,12H2,1-2H3. The molecule has 6 nitrogen and oxygen atoms in total. The number of hydrogen-bond acceptors (Lipinski definition) is 6. The molecule has 1 aliphatic rings. The molecular formula is C11H17N5OS. The average molecular weight is 267 g/mol. The Balaban J connectivity index is 2.00. The molecule has 0 amide bonds. The van der Waals surface area contributed by atoms with Crippen molar-refractivity contribution in [2.75, 3.05) is 13.2 Å². The lowest BCUT2D eigenvalue weighted by Crippen LogP contribution is -2.28. The van der Waals surface area contributed by atoms with Crippen LogP contribution < -0.4 is 5.73 Å². The maximum absolute atomic E-state index is 6.07. The van der Waals surface area contributed by atoms with Crippen molar-refractivity contribution in [2.24, 2.45) is 5.73 Å². The van der Waals surface area contributed by atoms with Crippen LogP contribution in [-0.4, -0.2) is 33.0 Å². The molecule has 0 unspecified atom stereocenters. The van der Waals surface area contributed by atoms with Crippen LogP contribution in [0, 0.1) is 0 Å². The van der Waals surface area contributed by atoms with Crippen molar-refractivity contribution in [1.82, 2.24) is 19.8 Å². The molecule has 0 radical (unpaired) electrons. The minimum atomic E-state index is -0.432. The van der Waals surface area contributed by atoms with Gasteiger partial charge in [0.1, 0.15) is 5.01 Å². The molecule has 3 heterocycles. The van der Waals surface area contributed by atoms with E-state index < -0.39 is 5.54 Å². The fourth-order valence-electron chi connectivity index (χ4n) is 2.10. The Kier molecular flexibility index (Phi) is 2.84. The van der Waals surface area contributed by atoms with E-state index in [0.29, 0.717) is 5.92 Å². The summed E-state index contributed by atoms with van der Waals surface area (Å²) in [4.78, 5) is 0.824. The van der Waals surface area contributed by atoms with Gasteiger partial charge in [0.25, 0.3) is 0 Å². The third kappa shape index (κ3) is 2.02. The van der Waals surface area contributed by atoms with Gasteiger partial charge in [0.2, 0.25) is 4.96 Å². The molecule has 0 atom stereocenters. The first-order chi connectivity index (χ1) is 8.55. The zero-order chi connectivity index (χ0) is 12.8. The second-order valence-corrected chi connectivity index (χ2v) is 6.22. The summed E-state index contributed by atoms with van der Waals surface area (Å²) in [5, 5.41) is 13.9. The van der Waals surface area contributed by atoms with Crippen LogP contribution in [0.2, 0.25) is 0 Å². The molecule has 0 bridgehead atoms. The molecule has 0 aromatic carbocycles. The van der Waals surface area contributed by atoms with Gasteiger partial charge in [0.15, 0.2) is 5.82 Å². The summed E-state index contributed by atoms with van der Waals surface area (Å²) in [6.07, 6.45) is 1.97. The summed E-state index contributed by atoms with van der Waals surface area (Å²) >= 11 is 1.51. The van der Waals surface area contributed by atoms with E-state index in [1.165, 1.54) is 11.3 Å². The molecule has 3 rings (SSSR count). The van der Waals surface area contributed by atoms with Crippen molar-refractivity contribution in [2.45, 2.75) is 38.1 Å². The third-order valence-corrected chi connectivity index (χ3v) is 4.39. The summed E-state index contributed by atoms with van der Waals surface area (Å²) in [5.74, 6) is 1.34. The molecule has 7 heteroatoms. The van der Waals surface area contributed by atoms with Crippen molar-refractivity contribution < 1.29 is 4.74 Å². The van der Waals surface area contributed by atoms with Gasteiger partial charge < -0.3 is 10.5 Å². The Hall–Kier alpha value is -1.05. The monoisotopic (exact) mass is 267 g/mol. The van der Waals surface area contributed by atoms with Gasteiger partial charge in [-0.2, -0.15) is 9.61 Å². The number of fused-ring (bicyclic) bond motifs is 1. The molecule has 18 heavy (non-hydrogen) atoms. The highest BCUT2D eigenvalue weighted by molar-refractivity contribution is 7.16. The van der Waals surface area contributed by atoms with E-state index in [2.05, 4.69) is 15.3 Å². The van der Waals surface area contributed by atoms with Gasteiger partial charge >= 0.3 is 0 Å². The Labute approximate surface area is 109 Å². The average Bonchev–Trinajstić information content (AvgIpc) is 2.88. The van der Waals surface area contributed by atoms with E-state index >= 15 is 0 Å². The topological polar surface area (TPSA) is 78.3 Å². The van der Waals surface area contributed by atoms with Gasteiger partial charge in [0, 0.05) is 19.1 Å². The summed E-state index contributed by atoms with van der Waals surface area (Å²) in [6, 6.07) is 0. The molecular weight excluding hydrogens is 250 g/mol. The fourth-order valence-corrected chi connectivity index (χ4v) is 2.96. The van der Waals surface area contributed by atoms with Gasteiger partial charge in [-0.25, -0.2) is 0 Å². The van der Waals surface area contributed by atoms with Crippen molar-refractivity contribution in [3.8, 4) is 0 Å². The van der Waals surface area contributed by atoms with E-state index in [1.807, 2.05) is 18.4 Å². The highest BCUT2D eigenvalue weighted by Crippen LogP contribution is 2.29. The molecule has 1 fully saturated rings. The van der Waals surface area contributed by atoms with Gasteiger partial charge in [-0.05, 0) is 26.7 Å². The maximum atomic E-state index is 6.07. The Morgan fingerprint density at radius 1 is 1.33 bits per heavy atom. The normalized spacial score (nSPS) is 18.6. The Morgan fingerprint density at radius 2 is 2.06 bits per heavy atom. The number of hydrogen-bond donors (Lipinski definition) is 1. The zero-order valence-corrected chi connectivity index (χ0v) is 11.4. The maximum Gasteiger partial charge on any atom is 0.234 e. The van der Waals surface area contributed by atoms with Crippen LogP contribution >= 0.6 is 11.3 Å². The van der Waals surface area contributed by atoms with E-state index in [-0.39, 0.29) is 0 Å². The Bertz CT molecular complexity index is 549. The molecule has 0 aliphatic carbocycles. The lowest BCUT2D eigenvalue weighted by atomic mass is 10.00. The first kappa shape index (κ1) is 12.0. The number of aromatic nitrogens is 4. The van der Waals surface area contributed by atoms with Crippen LogP contribution in [0.1, 0.15) is 43.4 Å². The lowest BCUT2D eigenvalue weighted by Gasteiger charge is -2.19. The van der Waals surface area contributed by atoms with Crippen molar-refractivity contribution >= 4 is 16.3 Å².